The Hall–Kier alpha value is -1.36. The molecule has 0 aromatic carbocycles. The summed E-state index contributed by atoms with van der Waals surface area (Å²) in [5, 5.41) is 8.98. The second-order valence-electron chi connectivity index (χ2n) is 6.62. The highest BCUT2D eigenvalue weighted by molar-refractivity contribution is 7.18. The Morgan fingerprint density at radius 2 is 2.05 bits per heavy atom. The molecule has 0 saturated heterocycles. The van der Waals surface area contributed by atoms with E-state index < -0.39 is 0 Å². The Morgan fingerprint density at radius 1 is 1.35 bits per heavy atom. The summed E-state index contributed by atoms with van der Waals surface area (Å²) in [6, 6.07) is 0. The molecule has 0 spiro atoms. The second kappa shape index (κ2) is 5.56. The Bertz CT molecular complexity index is 575. The summed E-state index contributed by atoms with van der Waals surface area (Å²) < 4.78 is 1.89. The fourth-order valence-electron chi connectivity index (χ4n) is 1.99. The fourth-order valence-corrected chi connectivity index (χ4v) is 2.83. The minimum absolute atomic E-state index is 0.0338. The van der Waals surface area contributed by atoms with Crippen LogP contribution in [0.15, 0.2) is 12.4 Å². The third-order valence-corrected chi connectivity index (χ3v) is 3.96. The van der Waals surface area contributed by atoms with E-state index in [-0.39, 0.29) is 5.41 Å². The molecule has 1 N–H and O–H groups in total. The van der Waals surface area contributed by atoms with Gasteiger partial charge in [-0.25, -0.2) is 4.98 Å². The molecular formula is C15H24N4S. The van der Waals surface area contributed by atoms with Crippen molar-refractivity contribution in [1.82, 2.24) is 14.8 Å². The molecule has 5 heteroatoms. The van der Waals surface area contributed by atoms with Gasteiger partial charge in [0.25, 0.3) is 0 Å². The van der Waals surface area contributed by atoms with Gasteiger partial charge in [0.05, 0.1) is 10.6 Å². The minimum Gasteiger partial charge on any atom is -0.361 e. The van der Waals surface area contributed by atoms with Crippen LogP contribution in [-0.4, -0.2) is 21.3 Å². The maximum absolute atomic E-state index is 4.62. The molecule has 0 amide bonds. The molecule has 2 rings (SSSR count). The summed E-state index contributed by atoms with van der Waals surface area (Å²) in [6.07, 6.45) is 4.03. The van der Waals surface area contributed by atoms with Gasteiger partial charge in [-0.15, -0.1) is 0 Å². The van der Waals surface area contributed by atoms with E-state index in [9.17, 15) is 0 Å². The van der Waals surface area contributed by atoms with Crippen LogP contribution in [0.1, 0.15) is 40.3 Å². The van der Waals surface area contributed by atoms with E-state index in [1.165, 1.54) is 10.4 Å². The van der Waals surface area contributed by atoms with Gasteiger partial charge in [-0.3, -0.25) is 4.68 Å². The largest absolute Gasteiger partial charge is 0.361 e. The molecule has 2 aromatic heterocycles. The summed E-state index contributed by atoms with van der Waals surface area (Å²) in [5.74, 6) is 0.617. The molecule has 20 heavy (non-hydrogen) atoms. The number of aryl methyl sites for hydroxylation is 1. The Kier molecular flexibility index (Phi) is 4.18. The Morgan fingerprint density at radius 3 is 2.65 bits per heavy atom. The number of aromatic nitrogens is 3. The molecule has 0 aliphatic carbocycles. The third-order valence-electron chi connectivity index (χ3n) is 2.97. The average molecular weight is 292 g/mol. The summed E-state index contributed by atoms with van der Waals surface area (Å²) in [6.45, 7) is 11.9. The van der Waals surface area contributed by atoms with Crippen LogP contribution >= 0.6 is 11.3 Å². The molecular weight excluding hydrogens is 268 g/mol. The average Bonchev–Trinajstić information content (AvgIpc) is 2.91. The van der Waals surface area contributed by atoms with Crippen LogP contribution in [0.5, 0.6) is 0 Å². The topological polar surface area (TPSA) is 42.7 Å². The minimum atomic E-state index is 0.0338. The van der Waals surface area contributed by atoms with Gasteiger partial charge >= 0.3 is 0 Å². The van der Waals surface area contributed by atoms with Crippen molar-refractivity contribution in [3.05, 3.63) is 18.1 Å². The fraction of sp³-hybridized carbons (Fsp3) is 0.600. The van der Waals surface area contributed by atoms with Crippen LogP contribution in [0.3, 0.4) is 0 Å². The number of nitrogens with one attached hydrogen (secondary N) is 1. The number of thiazole rings is 1. The highest BCUT2D eigenvalue weighted by Gasteiger charge is 2.23. The van der Waals surface area contributed by atoms with Gasteiger partial charge in [-0.05, 0) is 5.92 Å². The monoisotopic (exact) mass is 292 g/mol. The van der Waals surface area contributed by atoms with Crippen molar-refractivity contribution in [1.29, 1.82) is 0 Å². The number of anilines is 1. The van der Waals surface area contributed by atoms with E-state index in [2.05, 4.69) is 56.2 Å². The van der Waals surface area contributed by atoms with Crippen molar-refractivity contribution in [3.8, 4) is 10.4 Å². The van der Waals surface area contributed by atoms with Crippen LogP contribution in [0.4, 0.5) is 5.13 Å². The van der Waals surface area contributed by atoms with E-state index in [0.29, 0.717) is 5.92 Å². The molecule has 4 nitrogen and oxygen atoms in total. The van der Waals surface area contributed by atoms with Crippen LogP contribution in [-0.2, 0) is 12.5 Å². The molecule has 0 fully saturated rings. The summed E-state index contributed by atoms with van der Waals surface area (Å²) >= 11 is 1.70. The van der Waals surface area contributed by atoms with Gasteiger partial charge in [0.15, 0.2) is 5.13 Å². The van der Waals surface area contributed by atoms with Crippen molar-refractivity contribution in [2.45, 2.75) is 40.0 Å². The summed E-state index contributed by atoms with van der Waals surface area (Å²) in [5.41, 5.74) is 2.35. The first-order valence-corrected chi connectivity index (χ1v) is 7.83. The molecule has 0 radical (unpaired) electrons. The van der Waals surface area contributed by atoms with Crippen LogP contribution < -0.4 is 5.32 Å². The smallest absolute Gasteiger partial charge is 0.183 e. The van der Waals surface area contributed by atoms with Gasteiger partial charge in [0.1, 0.15) is 0 Å². The number of nitrogens with zero attached hydrogens (tertiary/aromatic N) is 3. The standard InChI is InChI=1S/C15H24N4S/c1-10(2)7-16-14-17-8-12(20-14)11-9-19(6)18-13(11)15(3,4)5/h8-10H,7H2,1-6H3,(H,16,17). The maximum atomic E-state index is 4.62. The zero-order chi connectivity index (χ0) is 14.9. The van der Waals surface area contributed by atoms with Gasteiger partial charge < -0.3 is 5.32 Å². The SMILES string of the molecule is CC(C)CNc1ncc(-c2cn(C)nc2C(C)(C)C)s1. The lowest BCUT2D eigenvalue weighted by molar-refractivity contribution is 0.554. The first-order chi connectivity index (χ1) is 9.27. The zero-order valence-electron chi connectivity index (χ0n) is 13.2. The molecule has 0 aliphatic rings. The normalized spacial score (nSPS) is 12.2. The number of hydrogen-bond donors (Lipinski definition) is 1. The van der Waals surface area contributed by atoms with Crippen molar-refractivity contribution in [2.75, 3.05) is 11.9 Å². The molecule has 110 valence electrons. The molecule has 0 bridgehead atoms. The highest BCUT2D eigenvalue weighted by Crippen LogP contribution is 2.36. The maximum Gasteiger partial charge on any atom is 0.183 e. The molecule has 0 aliphatic heterocycles. The van der Waals surface area contributed by atoms with Crippen LogP contribution in [0, 0.1) is 5.92 Å². The van der Waals surface area contributed by atoms with Crippen molar-refractivity contribution in [2.24, 2.45) is 13.0 Å². The highest BCUT2D eigenvalue weighted by atomic mass is 32.1. The first kappa shape index (κ1) is 15.0. The second-order valence-corrected chi connectivity index (χ2v) is 7.65. The molecule has 0 atom stereocenters. The van der Waals surface area contributed by atoms with Gasteiger partial charge in [0, 0.05) is 37.0 Å². The van der Waals surface area contributed by atoms with Gasteiger partial charge in [-0.1, -0.05) is 46.0 Å². The van der Waals surface area contributed by atoms with Crippen LogP contribution in [0.2, 0.25) is 0 Å². The van der Waals surface area contributed by atoms with E-state index in [1.807, 2.05) is 17.9 Å². The van der Waals surface area contributed by atoms with E-state index >= 15 is 0 Å². The van der Waals surface area contributed by atoms with Crippen molar-refractivity contribution in [3.63, 3.8) is 0 Å². The Labute approximate surface area is 125 Å². The summed E-state index contributed by atoms with van der Waals surface area (Å²) in [7, 11) is 1.97. The van der Waals surface area contributed by atoms with Gasteiger partial charge in [0.2, 0.25) is 0 Å². The number of rotatable bonds is 4. The lowest BCUT2D eigenvalue weighted by Crippen LogP contribution is -2.13. The van der Waals surface area contributed by atoms with Crippen LogP contribution in [0.25, 0.3) is 10.4 Å². The quantitative estimate of drug-likeness (QED) is 0.929. The predicted octanol–water partition coefficient (Wildman–Crippen LogP) is 3.91. The lowest BCUT2D eigenvalue weighted by atomic mass is 9.89. The predicted molar refractivity (Wildman–Crippen MR) is 86.3 cm³/mol. The van der Waals surface area contributed by atoms with Crippen molar-refractivity contribution >= 4 is 16.5 Å². The lowest BCUT2D eigenvalue weighted by Gasteiger charge is -2.16. The Balaban J connectivity index is 2.28. The van der Waals surface area contributed by atoms with E-state index in [1.54, 1.807) is 11.3 Å². The number of hydrogen-bond acceptors (Lipinski definition) is 4. The molecule has 0 saturated carbocycles. The van der Waals surface area contributed by atoms with Gasteiger partial charge in [-0.2, -0.15) is 5.10 Å². The molecule has 0 unspecified atom stereocenters. The first-order valence-electron chi connectivity index (χ1n) is 7.01. The van der Waals surface area contributed by atoms with Crippen molar-refractivity contribution < 1.29 is 0 Å². The summed E-state index contributed by atoms with van der Waals surface area (Å²) in [4.78, 5) is 5.64. The van der Waals surface area contributed by atoms with E-state index in [0.717, 1.165) is 17.4 Å². The molecule has 2 aromatic rings. The third kappa shape index (κ3) is 3.39. The molecule has 2 heterocycles. The zero-order valence-corrected chi connectivity index (χ0v) is 14.0. The van der Waals surface area contributed by atoms with E-state index in [4.69, 9.17) is 0 Å².